The molecule has 0 fully saturated rings. The molecule has 0 radical (unpaired) electrons. The molecule has 2 aromatic carbocycles. The number of aromatic carboxylic acids is 1. The summed E-state index contributed by atoms with van der Waals surface area (Å²) in [4.78, 5) is 21.8. The predicted octanol–water partition coefficient (Wildman–Crippen LogP) is 2.17. The van der Waals surface area contributed by atoms with Gasteiger partial charge in [-0.1, -0.05) is 12.1 Å². The summed E-state index contributed by atoms with van der Waals surface area (Å²) in [6.45, 7) is 1.27. The lowest BCUT2D eigenvalue weighted by Gasteiger charge is -2.08. The summed E-state index contributed by atoms with van der Waals surface area (Å²) >= 11 is 0. The number of benzene rings is 2. The van der Waals surface area contributed by atoms with E-state index in [2.05, 4.69) is 0 Å². The quantitative estimate of drug-likeness (QED) is 0.626. The summed E-state index contributed by atoms with van der Waals surface area (Å²) in [6, 6.07) is 7.50. The van der Waals surface area contributed by atoms with Gasteiger partial charge in [0.15, 0.2) is 0 Å². The van der Waals surface area contributed by atoms with Crippen molar-refractivity contribution in [1.82, 2.24) is 0 Å². The fraction of sp³-hybridized carbons (Fsp3) is 0.0769. The maximum Gasteiger partial charge on any atom is 0.339 e. The Balaban J connectivity index is 2.68. The Labute approximate surface area is 102 Å². The van der Waals surface area contributed by atoms with E-state index >= 15 is 0 Å². The van der Waals surface area contributed by atoms with Crippen molar-refractivity contribution in [2.24, 2.45) is 0 Å². The van der Waals surface area contributed by atoms with E-state index < -0.39 is 11.9 Å². The number of carbonyl (C=O) groups excluding carboxylic acids is 1. The van der Waals surface area contributed by atoms with E-state index in [-0.39, 0.29) is 17.1 Å². The van der Waals surface area contributed by atoms with Gasteiger partial charge in [-0.2, -0.15) is 0 Å². The molecule has 2 N–H and O–H groups in total. The van der Waals surface area contributed by atoms with Gasteiger partial charge in [0.1, 0.15) is 17.1 Å². The van der Waals surface area contributed by atoms with Crippen molar-refractivity contribution in [2.45, 2.75) is 6.92 Å². The van der Waals surface area contributed by atoms with Gasteiger partial charge in [0.25, 0.3) is 0 Å². The first kappa shape index (κ1) is 11.9. The highest BCUT2D eigenvalue weighted by molar-refractivity contribution is 5.99. The van der Waals surface area contributed by atoms with Crippen LogP contribution in [0.25, 0.3) is 10.8 Å². The van der Waals surface area contributed by atoms with Crippen LogP contribution < -0.4 is 4.74 Å². The van der Waals surface area contributed by atoms with Gasteiger partial charge >= 0.3 is 11.9 Å². The molecular formula is C13H10O5. The molecule has 2 aromatic rings. The van der Waals surface area contributed by atoms with Crippen molar-refractivity contribution in [2.75, 3.05) is 0 Å². The highest BCUT2D eigenvalue weighted by atomic mass is 16.5. The van der Waals surface area contributed by atoms with Crippen LogP contribution in [0, 0.1) is 0 Å². The highest BCUT2D eigenvalue weighted by Gasteiger charge is 2.13. The Morgan fingerprint density at radius 2 is 1.94 bits per heavy atom. The first-order valence-electron chi connectivity index (χ1n) is 5.16. The molecule has 0 saturated carbocycles. The first-order chi connectivity index (χ1) is 8.49. The lowest BCUT2D eigenvalue weighted by atomic mass is 10.1. The van der Waals surface area contributed by atoms with Gasteiger partial charge in [0.2, 0.25) is 0 Å². The molecule has 5 heteroatoms. The molecule has 0 bridgehead atoms. The number of carbonyl (C=O) groups is 2. The fourth-order valence-corrected chi connectivity index (χ4v) is 1.70. The molecule has 0 atom stereocenters. The summed E-state index contributed by atoms with van der Waals surface area (Å²) in [7, 11) is 0. The Morgan fingerprint density at radius 3 is 2.56 bits per heavy atom. The smallest absolute Gasteiger partial charge is 0.339 e. The van der Waals surface area contributed by atoms with E-state index in [0.29, 0.717) is 10.8 Å². The van der Waals surface area contributed by atoms with Crippen LogP contribution in [0.4, 0.5) is 0 Å². The maximum atomic E-state index is 10.9. The third-order valence-electron chi connectivity index (χ3n) is 2.44. The molecule has 0 saturated heterocycles. The lowest BCUT2D eigenvalue weighted by Crippen LogP contribution is -2.02. The van der Waals surface area contributed by atoms with Crippen LogP contribution in [-0.2, 0) is 4.79 Å². The largest absolute Gasteiger partial charge is 0.507 e. The van der Waals surface area contributed by atoms with E-state index in [9.17, 15) is 14.7 Å². The number of carboxylic acids is 1. The number of carboxylic acid groups (broad SMARTS) is 1. The lowest BCUT2D eigenvalue weighted by molar-refractivity contribution is -0.131. The Hall–Kier alpha value is -2.56. The molecule has 0 aliphatic rings. The van der Waals surface area contributed by atoms with Gasteiger partial charge < -0.3 is 14.9 Å². The Kier molecular flexibility index (Phi) is 2.89. The number of aromatic hydroxyl groups is 1. The number of esters is 1. The average Bonchev–Trinajstić information content (AvgIpc) is 2.28. The van der Waals surface area contributed by atoms with Gasteiger partial charge in [0.05, 0.1) is 0 Å². The molecule has 0 aliphatic carbocycles. The van der Waals surface area contributed by atoms with Crippen LogP contribution in [0.3, 0.4) is 0 Å². The number of fused-ring (bicyclic) bond motifs is 1. The van der Waals surface area contributed by atoms with Crippen molar-refractivity contribution >= 4 is 22.7 Å². The zero-order valence-corrected chi connectivity index (χ0v) is 9.51. The van der Waals surface area contributed by atoms with E-state index in [4.69, 9.17) is 9.84 Å². The second-order valence-electron chi connectivity index (χ2n) is 3.75. The van der Waals surface area contributed by atoms with E-state index in [1.54, 1.807) is 18.2 Å². The minimum absolute atomic E-state index is 0.192. The number of ether oxygens (including phenoxy) is 1. The van der Waals surface area contributed by atoms with Crippen molar-refractivity contribution in [3.8, 4) is 11.5 Å². The van der Waals surface area contributed by atoms with Crippen molar-refractivity contribution in [3.05, 3.63) is 35.9 Å². The molecule has 0 spiro atoms. The molecule has 18 heavy (non-hydrogen) atoms. The van der Waals surface area contributed by atoms with Crippen molar-refractivity contribution < 1.29 is 24.5 Å². The monoisotopic (exact) mass is 246 g/mol. The highest BCUT2D eigenvalue weighted by Crippen LogP contribution is 2.31. The van der Waals surface area contributed by atoms with Gasteiger partial charge in [-0.15, -0.1) is 0 Å². The van der Waals surface area contributed by atoms with Crippen LogP contribution >= 0.6 is 0 Å². The molecule has 92 valence electrons. The van der Waals surface area contributed by atoms with Crippen molar-refractivity contribution in [1.29, 1.82) is 0 Å². The summed E-state index contributed by atoms with van der Waals surface area (Å²) in [5, 5.41) is 19.6. The molecule has 2 rings (SSSR count). The molecule has 0 aromatic heterocycles. The topological polar surface area (TPSA) is 83.8 Å². The third-order valence-corrected chi connectivity index (χ3v) is 2.44. The number of phenols is 1. The molecule has 0 heterocycles. The zero-order valence-electron chi connectivity index (χ0n) is 9.51. The number of hydrogen-bond acceptors (Lipinski definition) is 4. The number of rotatable bonds is 2. The average molecular weight is 246 g/mol. The van der Waals surface area contributed by atoms with E-state index in [1.807, 2.05) is 0 Å². The standard InChI is InChI=1S/C13H10O5/c1-7(14)18-12-4-2-3-8-5-10(13(16)17)11(15)6-9(8)12/h2-6,15H,1H3,(H,16,17). The second kappa shape index (κ2) is 4.37. The second-order valence-corrected chi connectivity index (χ2v) is 3.75. The van der Waals surface area contributed by atoms with Crippen LogP contribution in [0.2, 0.25) is 0 Å². The molecule has 5 nitrogen and oxygen atoms in total. The van der Waals surface area contributed by atoms with Gasteiger partial charge in [-0.3, -0.25) is 4.79 Å². The number of hydrogen-bond donors (Lipinski definition) is 2. The van der Waals surface area contributed by atoms with E-state index in [0.717, 1.165) is 0 Å². The summed E-state index contributed by atoms with van der Waals surface area (Å²) in [5.41, 5.74) is -0.192. The van der Waals surface area contributed by atoms with Gasteiger partial charge in [0, 0.05) is 12.3 Å². The first-order valence-corrected chi connectivity index (χ1v) is 5.16. The normalized spacial score (nSPS) is 10.3. The summed E-state index contributed by atoms with van der Waals surface area (Å²) in [6.07, 6.45) is 0. The maximum absolute atomic E-state index is 10.9. The van der Waals surface area contributed by atoms with Gasteiger partial charge in [-0.05, 0) is 23.6 Å². The van der Waals surface area contributed by atoms with Crippen LogP contribution in [-0.4, -0.2) is 22.2 Å². The van der Waals surface area contributed by atoms with Crippen molar-refractivity contribution in [3.63, 3.8) is 0 Å². The van der Waals surface area contributed by atoms with Crippen LogP contribution in [0.5, 0.6) is 11.5 Å². The summed E-state index contributed by atoms with van der Waals surface area (Å²) in [5.74, 6) is -1.78. The predicted molar refractivity (Wildman–Crippen MR) is 63.9 cm³/mol. The Bertz CT molecular complexity index is 645. The minimum atomic E-state index is -1.22. The summed E-state index contributed by atoms with van der Waals surface area (Å²) < 4.78 is 4.99. The van der Waals surface area contributed by atoms with Gasteiger partial charge in [-0.25, -0.2) is 4.79 Å². The molecule has 0 aliphatic heterocycles. The van der Waals surface area contributed by atoms with E-state index in [1.165, 1.54) is 19.1 Å². The Morgan fingerprint density at radius 1 is 1.22 bits per heavy atom. The molecule has 0 unspecified atom stereocenters. The molecular weight excluding hydrogens is 236 g/mol. The van der Waals surface area contributed by atoms with Crippen LogP contribution in [0.15, 0.2) is 30.3 Å². The van der Waals surface area contributed by atoms with Crippen LogP contribution in [0.1, 0.15) is 17.3 Å². The fourth-order valence-electron chi connectivity index (χ4n) is 1.70. The SMILES string of the molecule is CC(=O)Oc1cccc2cc(C(=O)O)c(O)cc12. The minimum Gasteiger partial charge on any atom is -0.507 e. The zero-order chi connectivity index (χ0) is 13.3. The third kappa shape index (κ3) is 2.10. The molecule has 0 amide bonds.